The van der Waals surface area contributed by atoms with E-state index < -0.39 is 18.5 Å². The van der Waals surface area contributed by atoms with Gasteiger partial charge in [-0.2, -0.15) is 0 Å². The second-order valence-corrected chi connectivity index (χ2v) is 5.08. The summed E-state index contributed by atoms with van der Waals surface area (Å²) in [6.45, 7) is -0.485. The number of ether oxygens (including phenoxy) is 1. The average Bonchev–Trinajstić information content (AvgIpc) is 2.49. The first-order chi connectivity index (χ1) is 10.5. The Hall–Kier alpha value is -2.24. The summed E-state index contributed by atoms with van der Waals surface area (Å²) < 4.78 is 4.86. The molecule has 5 nitrogen and oxygen atoms in total. The number of hydrogen-bond acceptors (Lipinski definition) is 4. The molecule has 0 heterocycles. The number of anilines is 1. The van der Waals surface area contributed by atoms with Crippen LogP contribution in [0, 0.1) is 0 Å². The maximum atomic E-state index is 11.8. The molecule has 0 saturated carbocycles. The minimum absolute atomic E-state index is 0.0302. The summed E-state index contributed by atoms with van der Waals surface area (Å²) in [6, 6.07) is 10.3. The van der Waals surface area contributed by atoms with E-state index >= 15 is 0 Å². The first-order valence-corrected chi connectivity index (χ1v) is 6.93. The number of carbonyl (C=O) groups excluding carboxylic acids is 2. The Morgan fingerprint density at radius 1 is 1.05 bits per heavy atom. The Kier molecular flexibility index (Phi) is 5.25. The third kappa shape index (κ3) is 4.13. The van der Waals surface area contributed by atoms with Gasteiger partial charge in [-0.3, -0.25) is 4.79 Å². The van der Waals surface area contributed by atoms with Crippen LogP contribution in [0.4, 0.5) is 5.69 Å². The largest absolute Gasteiger partial charge is 0.508 e. The van der Waals surface area contributed by atoms with Crippen molar-refractivity contribution in [3.05, 3.63) is 58.1 Å². The quantitative estimate of drug-likeness (QED) is 0.836. The van der Waals surface area contributed by atoms with Crippen molar-refractivity contribution in [2.75, 3.05) is 11.9 Å². The van der Waals surface area contributed by atoms with Gasteiger partial charge in [-0.05, 0) is 36.4 Å². The summed E-state index contributed by atoms with van der Waals surface area (Å²) in [6.07, 6.45) is 0. The molecule has 0 atom stereocenters. The van der Waals surface area contributed by atoms with Crippen LogP contribution in [-0.2, 0) is 9.53 Å². The molecule has 0 aromatic heterocycles. The number of aromatic hydroxyl groups is 1. The van der Waals surface area contributed by atoms with Gasteiger partial charge in [0.05, 0.1) is 21.3 Å². The van der Waals surface area contributed by atoms with Crippen LogP contribution in [0.25, 0.3) is 0 Å². The van der Waals surface area contributed by atoms with Crippen molar-refractivity contribution < 1.29 is 19.4 Å². The first-order valence-electron chi connectivity index (χ1n) is 6.17. The topological polar surface area (TPSA) is 75.6 Å². The summed E-state index contributed by atoms with van der Waals surface area (Å²) in [4.78, 5) is 23.5. The van der Waals surface area contributed by atoms with E-state index in [0.717, 1.165) is 0 Å². The number of carbonyl (C=O) groups is 2. The van der Waals surface area contributed by atoms with Crippen molar-refractivity contribution in [1.29, 1.82) is 0 Å². The summed E-state index contributed by atoms with van der Waals surface area (Å²) in [5.74, 6) is -1.22. The zero-order valence-corrected chi connectivity index (χ0v) is 12.7. The lowest BCUT2D eigenvalue weighted by Gasteiger charge is -2.09. The van der Waals surface area contributed by atoms with Gasteiger partial charge in [0.15, 0.2) is 6.61 Å². The standard InChI is InChI=1S/C15H11Cl2NO4/c16-11-2-1-3-12(17)14(11)18-13(20)8-22-15(21)9-4-6-10(19)7-5-9/h1-7,19H,8H2,(H,18,20). The fraction of sp³-hybridized carbons (Fsp3) is 0.0667. The summed E-state index contributed by atoms with van der Waals surface area (Å²) in [7, 11) is 0. The number of phenols is 1. The Labute approximate surface area is 136 Å². The van der Waals surface area contributed by atoms with E-state index in [1.807, 2.05) is 0 Å². The van der Waals surface area contributed by atoms with Gasteiger partial charge in [-0.15, -0.1) is 0 Å². The maximum absolute atomic E-state index is 11.8. The number of para-hydroxylation sites is 1. The molecule has 0 radical (unpaired) electrons. The average molecular weight is 340 g/mol. The van der Waals surface area contributed by atoms with Crippen molar-refractivity contribution in [2.45, 2.75) is 0 Å². The van der Waals surface area contributed by atoms with Crippen LogP contribution < -0.4 is 5.32 Å². The molecule has 0 unspecified atom stereocenters. The molecule has 2 rings (SSSR count). The first kappa shape index (κ1) is 16.1. The van der Waals surface area contributed by atoms with E-state index in [1.54, 1.807) is 18.2 Å². The molecule has 7 heteroatoms. The molecule has 114 valence electrons. The van der Waals surface area contributed by atoms with Crippen molar-refractivity contribution in [1.82, 2.24) is 0 Å². The SMILES string of the molecule is O=C(COC(=O)c1ccc(O)cc1)Nc1c(Cl)cccc1Cl. The van der Waals surface area contributed by atoms with Crippen LogP contribution >= 0.6 is 23.2 Å². The van der Waals surface area contributed by atoms with Crippen LogP contribution in [0.1, 0.15) is 10.4 Å². The van der Waals surface area contributed by atoms with Crippen molar-refractivity contribution in [2.24, 2.45) is 0 Å². The van der Waals surface area contributed by atoms with Gasteiger partial charge < -0.3 is 15.2 Å². The van der Waals surface area contributed by atoms with Gasteiger partial charge in [0, 0.05) is 0 Å². The molecular formula is C15H11Cl2NO4. The van der Waals surface area contributed by atoms with E-state index in [-0.39, 0.29) is 27.0 Å². The summed E-state index contributed by atoms with van der Waals surface area (Å²) in [5.41, 5.74) is 0.484. The minimum atomic E-state index is -0.680. The monoisotopic (exact) mass is 339 g/mol. The molecule has 0 saturated heterocycles. The Balaban J connectivity index is 1.93. The molecule has 2 aromatic carbocycles. The zero-order chi connectivity index (χ0) is 16.1. The van der Waals surface area contributed by atoms with Gasteiger partial charge in [-0.1, -0.05) is 29.3 Å². The number of esters is 1. The second kappa shape index (κ2) is 7.15. The summed E-state index contributed by atoms with van der Waals surface area (Å²) in [5, 5.41) is 12.2. The third-order valence-electron chi connectivity index (χ3n) is 2.66. The highest BCUT2D eigenvalue weighted by Gasteiger charge is 2.13. The molecule has 0 aliphatic carbocycles. The zero-order valence-electron chi connectivity index (χ0n) is 11.2. The fourth-order valence-electron chi connectivity index (χ4n) is 1.60. The van der Waals surface area contributed by atoms with E-state index in [0.29, 0.717) is 0 Å². The lowest BCUT2D eigenvalue weighted by atomic mass is 10.2. The molecule has 0 aliphatic heterocycles. The normalized spacial score (nSPS) is 10.1. The minimum Gasteiger partial charge on any atom is -0.508 e. The molecule has 0 spiro atoms. The lowest BCUT2D eigenvalue weighted by Crippen LogP contribution is -2.21. The predicted octanol–water partition coefficient (Wildman–Crippen LogP) is 3.49. The van der Waals surface area contributed by atoms with E-state index in [9.17, 15) is 9.59 Å². The van der Waals surface area contributed by atoms with Crippen molar-refractivity contribution in [3.8, 4) is 5.75 Å². The molecular weight excluding hydrogens is 329 g/mol. The number of halogens is 2. The van der Waals surface area contributed by atoms with Crippen LogP contribution in [0.2, 0.25) is 10.0 Å². The van der Waals surface area contributed by atoms with Crippen LogP contribution in [0.3, 0.4) is 0 Å². The van der Waals surface area contributed by atoms with Gasteiger partial charge in [0.1, 0.15) is 5.75 Å². The second-order valence-electron chi connectivity index (χ2n) is 4.27. The van der Waals surface area contributed by atoms with Gasteiger partial charge in [-0.25, -0.2) is 4.79 Å². The van der Waals surface area contributed by atoms with Crippen LogP contribution in [-0.4, -0.2) is 23.6 Å². The molecule has 0 fully saturated rings. The van der Waals surface area contributed by atoms with Crippen LogP contribution in [0.15, 0.2) is 42.5 Å². The van der Waals surface area contributed by atoms with E-state index in [4.69, 9.17) is 33.0 Å². The van der Waals surface area contributed by atoms with Crippen molar-refractivity contribution >= 4 is 40.8 Å². The van der Waals surface area contributed by atoms with Crippen molar-refractivity contribution in [3.63, 3.8) is 0 Å². The summed E-state index contributed by atoms with van der Waals surface area (Å²) >= 11 is 11.8. The molecule has 2 N–H and O–H groups in total. The molecule has 1 amide bonds. The lowest BCUT2D eigenvalue weighted by molar-refractivity contribution is -0.119. The molecule has 0 aliphatic rings. The van der Waals surface area contributed by atoms with E-state index in [2.05, 4.69) is 5.32 Å². The molecule has 0 bridgehead atoms. The van der Waals surface area contributed by atoms with E-state index in [1.165, 1.54) is 24.3 Å². The number of phenolic OH excluding ortho intramolecular Hbond substituents is 1. The molecule has 22 heavy (non-hydrogen) atoms. The Morgan fingerprint density at radius 2 is 1.64 bits per heavy atom. The Bertz CT molecular complexity index is 681. The smallest absolute Gasteiger partial charge is 0.338 e. The maximum Gasteiger partial charge on any atom is 0.338 e. The number of amides is 1. The number of rotatable bonds is 4. The van der Waals surface area contributed by atoms with Crippen LogP contribution in [0.5, 0.6) is 5.75 Å². The number of hydrogen-bond donors (Lipinski definition) is 2. The Morgan fingerprint density at radius 3 is 2.23 bits per heavy atom. The highest BCUT2D eigenvalue weighted by atomic mass is 35.5. The highest BCUT2D eigenvalue weighted by molar-refractivity contribution is 6.39. The highest BCUT2D eigenvalue weighted by Crippen LogP contribution is 2.29. The van der Waals surface area contributed by atoms with Gasteiger partial charge in [0.25, 0.3) is 5.91 Å². The predicted molar refractivity (Wildman–Crippen MR) is 83.5 cm³/mol. The fourth-order valence-corrected chi connectivity index (χ4v) is 2.10. The molecule has 2 aromatic rings. The van der Waals surface area contributed by atoms with Gasteiger partial charge >= 0.3 is 5.97 Å². The van der Waals surface area contributed by atoms with Gasteiger partial charge in [0.2, 0.25) is 0 Å². The number of benzene rings is 2. The number of nitrogens with one attached hydrogen (secondary N) is 1. The third-order valence-corrected chi connectivity index (χ3v) is 3.29.